The number of dihydropyridines is 1. The molecule has 0 spiro atoms. The van der Waals surface area contributed by atoms with Crippen LogP contribution in [0.2, 0.25) is 5.02 Å². The highest BCUT2D eigenvalue weighted by Gasteiger charge is 2.47. The summed E-state index contributed by atoms with van der Waals surface area (Å²) in [5.41, 5.74) is 2.91. The van der Waals surface area contributed by atoms with Crippen molar-refractivity contribution in [3.8, 4) is 0 Å². The molecule has 8 heteroatoms. The number of ketones is 1. The van der Waals surface area contributed by atoms with Gasteiger partial charge in [-0.2, -0.15) is 11.8 Å². The molecule has 1 aliphatic carbocycles. The Morgan fingerprint density at radius 1 is 1.25 bits per heavy atom. The van der Waals surface area contributed by atoms with Gasteiger partial charge < -0.3 is 14.8 Å². The van der Waals surface area contributed by atoms with Gasteiger partial charge in [0.1, 0.15) is 12.5 Å². The Hall–Kier alpha value is -2.25. The summed E-state index contributed by atoms with van der Waals surface area (Å²) in [5.74, 6) is -1.50. The summed E-state index contributed by atoms with van der Waals surface area (Å²) in [6.45, 7) is 5.99. The highest BCUT2D eigenvalue weighted by molar-refractivity contribution is 7.99. The minimum Gasteiger partial charge on any atom is -0.468 e. The van der Waals surface area contributed by atoms with E-state index < -0.39 is 23.8 Å². The number of esters is 2. The summed E-state index contributed by atoms with van der Waals surface area (Å²) in [6, 6.07) is 7.05. The first-order chi connectivity index (χ1) is 15.3. The largest absolute Gasteiger partial charge is 0.468 e. The Morgan fingerprint density at radius 2 is 1.94 bits per heavy atom. The first-order valence-corrected chi connectivity index (χ1v) is 12.2. The Kier molecular flexibility index (Phi) is 8.06. The minimum absolute atomic E-state index is 0.223. The molecule has 0 bridgehead atoms. The van der Waals surface area contributed by atoms with Crippen molar-refractivity contribution in [3.05, 3.63) is 57.4 Å². The van der Waals surface area contributed by atoms with Crippen molar-refractivity contribution in [1.82, 2.24) is 5.32 Å². The summed E-state index contributed by atoms with van der Waals surface area (Å²) < 4.78 is 10.5. The summed E-state index contributed by atoms with van der Waals surface area (Å²) in [6.07, 6.45) is 0.498. The van der Waals surface area contributed by atoms with Crippen molar-refractivity contribution in [3.63, 3.8) is 0 Å². The van der Waals surface area contributed by atoms with Crippen LogP contribution in [0.15, 0.2) is 46.8 Å². The van der Waals surface area contributed by atoms with Gasteiger partial charge in [-0.05, 0) is 42.7 Å². The molecule has 172 valence electrons. The van der Waals surface area contributed by atoms with E-state index in [4.69, 9.17) is 21.1 Å². The molecule has 1 heterocycles. The second-order valence-electron chi connectivity index (χ2n) is 7.92. The van der Waals surface area contributed by atoms with Crippen LogP contribution >= 0.6 is 23.4 Å². The molecule has 0 radical (unpaired) electrons. The van der Waals surface area contributed by atoms with E-state index in [1.54, 1.807) is 36.0 Å². The average Bonchev–Trinajstić information content (AvgIpc) is 2.76. The number of ether oxygens (including phenoxy) is 2. The zero-order valence-corrected chi connectivity index (χ0v) is 20.3. The number of nitrogens with one attached hydrogen (secondary N) is 1. The molecule has 1 N–H and O–H groups in total. The van der Waals surface area contributed by atoms with Gasteiger partial charge in [0.15, 0.2) is 5.78 Å². The summed E-state index contributed by atoms with van der Waals surface area (Å²) in [4.78, 5) is 39.2. The van der Waals surface area contributed by atoms with Crippen LogP contribution in [-0.4, -0.2) is 42.9 Å². The van der Waals surface area contributed by atoms with Crippen molar-refractivity contribution in [2.45, 2.75) is 33.1 Å². The summed E-state index contributed by atoms with van der Waals surface area (Å²) in [5, 5.41) is 3.80. The molecule has 0 saturated carbocycles. The Bertz CT molecular complexity index is 969. The van der Waals surface area contributed by atoms with Crippen LogP contribution in [0.5, 0.6) is 0 Å². The van der Waals surface area contributed by atoms with Crippen LogP contribution in [0, 0.1) is 11.8 Å². The van der Waals surface area contributed by atoms with Crippen molar-refractivity contribution in [2.24, 2.45) is 11.8 Å². The Balaban J connectivity index is 2.06. The molecule has 1 aromatic rings. The van der Waals surface area contributed by atoms with Gasteiger partial charge in [-0.1, -0.05) is 37.6 Å². The van der Waals surface area contributed by atoms with Gasteiger partial charge in [-0.15, -0.1) is 0 Å². The number of hydrogen-bond acceptors (Lipinski definition) is 7. The third-order valence-corrected chi connectivity index (χ3v) is 6.95. The lowest BCUT2D eigenvalue weighted by Crippen LogP contribution is -2.43. The molecule has 3 rings (SSSR count). The van der Waals surface area contributed by atoms with Crippen LogP contribution in [0.3, 0.4) is 0 Å². The molecule has 6 nitrogen and oxygen atoms in total. The second kappa shape index (κ2) is 10.6. The lowest BCUT2D eigenvalue weighted by atomic mass is 9.69. The van der Waals surface area contributed by atoms with Gasteiger partial charge in [0.2, 0.25) is 0 Å². The topological polar surface area (TPSA) is 81.7 Å². The van der Waals surface area contributed by atoms with E-state index in [0.29, 0.717) is 34.0 Å². The number of carbonyl (C=O) groups is 3. The van der Waals surface area contributed by atoms with Gasteiger partial charge in [0.25, 0.3) is 0 Å². The molecule has 3 atom stereocenters. The van der Waals surface area contributed by atoms with E-state index in [1.165, 1.54) is 7.11 Å². The SMILES string of the molecule is CCSCCOC(=O)C1=C(C)NC2=C(C(=O)[C@H](C(=O)OC)[C@H](C)C2)[C@@H]1c1ccc(Cl)cc1. The Morgan fingerprint density at radius 3 is 2.56 bits per heavy atom. The monoisotopic (exact) mass is 477 g/mol. The predicted molar refractivity (Wildman–Crippen MR) is 125 cm³/mol. The average molecular weight is 478 g/mol. The quantitative estimate of drug-likeness (QED) is 0.357. The molecule has 1 aliphatic heterocycles. The highest BCUT2D eigenvalue weighted by Crippen LogP contribution is 2.45. The van der Waals surface area contributed by atoms with Gasteiger partial charge in [-0.3, -0.25) is 9.59 Å². The van der Waals surface area contributed by atoms with Crippen molar-refractivity contribution in [1.29, 1.82) is 0 Å². The number of rotatable bonds is 7. The van der Waals surface area contributed by atoms with E-state index in [0.717, 1.165) is 17.0 Å². The maximum absolute atomic E-state index is 13.6. The third-order valence-electron chi connectivity index (χ3n) is 5.83. The molecular weight excluding hydrogens is 450 g/mol. The molecule has 0 saturated heterocycles. The molecule has 0 aromatic heterocycles. The first kappa shape index (κ1) is 24.4. The molecule has 0 unspecified atom stereocenters. The number of thioether (sulfide) groups is 1. The third kappa shape index (κ3) is 4.89. The lowest BCUT2D eigenvalue weighted by Gasteiger charge is -2.38. The van der Waals surface area contributed by atoms with Crippen molar-refractivity contribution in [2.75, 3.05) is 25.2 Å². The standard InChI is InChI=1S/C24H28ClNO5S/c1-5-32-11-10-31-24(29)19-14(3)26-17-12-13(2)18(23(28)30-4)22(27)21(17)20(19)15-6-8-16(25)9-7-15/h6-9,13,18,20,26H,5,10-12H2,1-4H3/t13-,18-,20-/m1/s1. The summed E-state index contributed by atoms with van der Waals surface area (Å²) >= 11 is 7.77. The number of allylic oxidation sites excluding steroid dienone is 3. The molecule has 1 aromatic carbocycles. The summed E-state index contributed by atoms with van der Waals surface area (Å²) in [7, 11) is 1.28. The fraction of sp³-hybridized carbons (Fsp3) is 0.458. The maximum atomic E-state index is 13.6. The number of benzene rings is 1. The fourth-order valence-corrected chi connectivity index (χ4v) is 4.97. The van der Waals surface area contributed by atoms with Crippen LogP contribution in [0.1, 0.15) is 38.7 Å². The number of halogens is 1. The van der Waals surface area contributed by atoms with Gasteiger partial charge in [-0.25, -0.2) is 4.79 Å². The van der Waals surface area contributed by atoms with Crippen molar-refractivity contribution >= 4 is 41.1 Å². The smallest absolute Gasteiger partial charge is 0.336 e. The van der Waals surface area contributed by atoms with Crippen molar-refractivity contribution < 1.29 is 23.9 Å². The number of carbonyl (C=O) groups excluding carboxylic acids is 3. The second-order valence-corrected chi connectivity index (χ2v) is 9.75. The van der Waals surface area contributed by atoms with Gasteiger partial charge in [0, 0.05) is 33.7 Å². The zero-order valence-electron chi connectivity index (χ0n) is 18.7. The van der Waals surface area contributed by atoms with Crippen LogP contribution in [-0.2, 0) is 23.9 Å². The van der Waals surface area contributed by atoms with Crippen LogP contribution < -0.4 is 5.32 Å². The molecular formula is C24H28ClNO5S. The molecule has 32 heavy (non-hydrogen) atoms. The van der Waals surface area contributed by atoms with E-state index in [2.05, 4.69) is 5.32 Å². The fourth-order valence-electron chi connectivity index (χ4n) is 4.36. The predicted octanol–water partition coefficient (Wildman–Crippen LogP) is 4.25. The van der Waals surface area contributed by atoms with Crippen LogP contribution in [0.25, 0.3) is 0 Å². The normalized spacial score (nSPS) is 22.9. The van der Waals surface area contributed by atoms with Crippen LogP contribution in [0.4, 0.5) is 0 Å². The molecule has 0 fully saturated rings. The van der Waals surface area contributed by atoms with E-state index in [1.807, 2.05) is 20.8 Å². The lowest BCUT2D eigenvalue weighted by molar-refractivity contribution is -0.151. The Labute approximate surface area is 197 Å². The molecule has 0 amide bonds. The van der Waals surface area contributed by atoms with E-state index >= 15 is 0 Å². The van der Waals surface area contributed by atoms with Gasteiger partial charge in [0.05, 0.1) is 12.7 Å². The number of hydrogen-bond donors (Lipinski definition) is 1. The molecule has 2 aliphatic rings. The van der Waals surface area contributed by atoms with Gasteiger partial charge >= 0.3 is 11.9 Å². The minimum atomic E-state index is -0.910. The number of Topliss-reactive ketones (excluding diaryl/α,β-unsaturated/α-hetero) is 1. The number of methoxy groups -OCH3 is 1. The maximum Gasteiger partial charge on any atom is 0.336 e. The highest BCUT2D eigenvalue weighted by atomic mass is 35.5. The van der Waals surface area contributed by atoms with E-state index in [9.17, 15) is 14.4 Å². The zero-order chi connectivity index (χ0) is 23.4. The van der Waals surface area contributed by atoms with E-state index in [-0.39, 0.29) is 18.3 Å². The first-order valence-electron chi connectivity index (χ1n) is 10.6.